The van der Waals surface area contributed by atoms with Crippen molar-refractivity contribution >= 4 is 57.1 Å². The van der Waals surface area contributed by atoms with E-state index in [1.54, 1.807) is 19.2 Å². The molecule has 4 atom stereocenters. The van der Waals surface area contributed by atoms with Gasteiger partial charge in [-0.25, -0.2) is 15.0 Å². The van der Waals surface area contributed by atoms with Crippen molar-refractivity contribution in [2.45, 2.75) is 38.0 Å². The predicted molar refractivity (Wildman–Crippen MR) is 145 cm³/mol. The van der Waals surface area contributed by atoms with Gasteiger partial charge in [0.25, 0.3) is 5.91 Å². The van der Waals surface area contributed by atoms with E-state index in [0.717, 1.165) is 9.13 Å². The van der Waals surface area contributed by atoms with E-state index in [0.29, 0.717) is 46.5 Å². The maximum absolute atomic E-state index is 12.4. The zero-order valence-corrected chi connectivity index (χ0v) is 22.5. The number of carbonyl (C=O) groups is 1. The minimum atomic E-state index is -1.43. The van der Waals surface area contributed by atoms with Gasteiger partial charge < -0.3 is 25.6 Å². The van der Waals surface area contributed by atoms with Gasteiger partial charge in [0.05, 0.1) is 11.3 Å². The molecule has 1 fully saturated rings. The Morgan fingerprint density at radius 2 is 2.05 bits per heavy atom. The number of aromatic nitrogens is 5. The molecule has 0 saturated carbocycles. The molecule has 4 N–H and O–H groups in total. The average molecular weight is 636 g/mol. The lowest BCUT2D eigenvalue weighted by atomic mass is 10.1. The molecule has 13 heteroatoms. The molecule has 0 aliphatic carbocycles. The Morgan fingerprint density at radius 3 is 2.81 bits per heavy atom. The van der Waals surface area contributed by atoms with Gasteiger partial charge in [-0.05, 0) is 53.3 Å². The number of nitrogens with zero attached hydrogens (tertiary/aromatic N) is 5. The molecule has 1 saturated heterocycles. The summed E-state index contributed by atoms with van der Waals surface area (Å²) in [5.41, 5.74) is 2.39. The lowest BCUT2D eigenvalue weighted by Crippen LogP contribution is -2.42. The number of halogens is 2. The Hall–Kier alpha value is -2.91. The van der Waals surface area contributed by atoms with Gasteiger partial charge in [0.1, 0.15) is 12.2 Å². The second-order valence-corrected chi connectivity index (χ2v) is 10.1. The second-order valence-electron chi connectivity index (χ2n) is 8.42. The van der Waals surface area contributed by atoms with Crippen LogP contribution in [0.3, 0.4) is 0 Å². The monoisotopic (exact) mass is 635 g/mol. The molecule has 0 radical (unpaired) electrons. The Kier molecular flexibility index (Phi) is 7.53. The first kappa shape index (κ1) is 25.7. The topological polar surface area (TPSA) is 147 Å². The largest absolute Gasteiger partial charge is 0.387 e. The number of rotatable bonds is 7. The highest BCUT2D eigenvalue weighted by molar-refractivity contribution is 14.1. The molecule has 3 unspecified atom stereocenters. The summed E-state index contributed by atoms with van der Waals surface area (Å²) in [5.74, 6) is 0.259. The summed E-state index contributed by atoms with van der Waals surface area (Å²) in [6.07, 6.45) is -0.617. The molecular weight excluding hydrogens is 613 g/mol. The zero-order valence-electron chi connectivity index (χ0n) is 19.5. The van der Waals surface area contributed by atoms with Crippen molar-refractivity contribution in [3.8, 4) is 11.4 Å². The van der Waals surface area contributed by atoms with E-state index in [4.69, 9.17) is 16.3 Å². The molecular formula is C24H23ClIN7O4. The van der Waals surface area contributed by atoms with Gasteiger partial charge >= 0.3 is 0 Å². The number of aliphatic hydroxyl groups is 2. The van der Waals surface area contributed by atoms with Crippen molar-refractivity contribution in [2.24, 2.45) is 0 Å². The quantitative estimate of drug-likeness (QED) is 0.225. The summed E-state index contributed by atoms with van der Waals surface area (Å²) in [6, 6.07) is 9.72. The average Bonchev–Trinajstić information content (AvgIpc) is 3.43. The van der Waals surface area contributed by atoms with Crippen molar-refractivity contribution in [3.05, 3.63) is 63.2 Å². The number of pyridine rings is 1. The second kappa shape index (κ2) is 10.8. The smallest absolute Gasteiger partial charge is 0.252 e. The fourth-order valence-corrected chi connectivity index (χ4v) is 4.88. The lowest BCUT2D eigenvalue weighted by Gasteiger charge is -2.17. The van der Waals surface area contributed by atoms with E-state index in [9.17, 15) is 15.0 Å². The van der Waals surface area contributed by atoms with Gasteiger partial charge in [-0.15, -0.1) is 0 Å². The maximum atomic E-state index is 12.4. The highest BCUT2D eigenvalue weighted by Gasteiger charge is 2.47. The summed E-state index contributed by atoms with van der Waals surface area (Å²) >= 11 is 8.41. The SMILES string of the molecule is CCNC(=O)[C@@H]1OC(n2cnc3c(NCc4cccc(I)c4)nc(-c4cncc(Cl)c4)nc32)C(O)C1O. The van der Waals surface area contributed by atoms with Gasteiger partial charge in [0.15, 0.2) is 35.1 Å². The molecule has 11 nitrogen and oxygen atoms in total. The molecule has 0 spiro atoms. The molecule has 1 aliphatic rings. The fraction of sp³-hybridized carbons (Fsp3) is 0.292. The van der Waals surface area contributed by atoms with E-state index in [-0.39, 0.29) is 0 Å². The first-order valence-corrected chi connectivity index (χ1v) is 12.9. The van der Waals surface area contributed by atoms with Crippen LogP contribution in [-0.4, -0.2) is 65.5 Å². The van der Waals surface area contributed by atoms with Gasteiger partial charge in [0, 0.05) is 34.6 Å². The Balaban J connectivity index is 1.56. The van der Waals surface area contributed by atoms with Crippen molar-refractivity contribution in [2.75, 3.05) is 11.9 Å². The number of imidazole rings is 1. The number of aliphatic hydroxyl groups excluding tert-OH is 2. The van der Waals surface area contributed by atoms with E-state index >= 15 is 0 Å². The van der Waals surface area contributed by atoms with Crippen LogP contribution < -0.4 is 10.6 Å². The van der Waals surface area contributed by atoms with Crippen LogP contribution in [0, 0.1) is 3.57 Å². The third-order valence-corrected chi connectivity index (χ3v) is 6.73. The number of hydrogen-bond acceptors (Lipinski definition) is 9. The minimum absolute atomic E-state index is 0.322. The molecule has 1 amide bonds. The van der Waals surface area contributed by atoms with Crippen LogP contribution in [0.25, 0.3) is 22.6 Å². The van der Waals surface area contributed by atoms with Crippen LogP contribution in [0.1, 0.15) is 18.7 Å². The summed E-state index contributed by atoms with van der Waals surface area (Å²) < 4.78 is 8.39. The van der Waals surface area contributed by atoms with Gasteiger partial charge in [-0.2, -0.15) is 0 Å². The standard InChI is InChI=1S/C24H23ClIN7O4/c1-2-28-23(36)19-17(34)18(35)24(37-19)33-11-30-16-21(29-8-12-4-3-5-15(26)6-12)31-20(32-22(16)33)13-7-14(25)10-27-9-13/h3-7,9-11,17-19,24,34-35H,2,8H2,1H3,(H,28,36)(H,29,31,32)/t17?,18?,19-,24?/m1/s1. The lowest BCUT2D eigenvalue weighted by molar-refractivity contribution is -0.137. The van der Waals surface area contributed by atoms with Crippen LogP contribution in [0.15, 0.2) is 49.1 Å². The molecule has 1 aromatic carbocycles. The zero-order chi connectivity index (χ0) is 26.1. The fourth-order valence-electron chi connectivity index (χ4n) is 4.10. The van der Waals surface area contributed by atoms with Crippen LogP contribution in [0.5, 0.6) is 0 Å². The van der Waals surface area contributed by atoms with Gasteiger partial charge in [-0.3, -0.25) is 14.3 Å². The molecule has 4 aromatic rings. The summed E-state index contributed by atoms with van der Waals surface area (Å²) in [6.45, 7) is 2.59. The van der Waals surface area contributed by atoms with Gasteiger partial charge in [0.2, 0.25) is 0 Å². The Labute approximate surface area is 230 Å². The molecule has 3 aromatic heterocycles. The van der Waals surface area contributed by atoms with Crippen molar-refractivity contribution in [1.82, 2.24) is 29.8 Å². The maximum Gasteiger partial charge on any atom is 0.252 e. The number of hydrogen-bond donors (Lipinski definition) is 4. The number of anilines is 1. The van der Waals surface area contributed by atoms with Crippen LogP contribution in [0.4, 0.5) is 5.82 Å². The van der Waals surface area contributed by atoms with Gasteiger partial charge in [-0.1, -0.05) is 23.7 Å². The number of ether oxygens (including phenoxy) is 1. The molecule has 37 heavy (non-hydrogen) atoms. The predicted octanol–water partition coefficient (Wildman–Crippen LogP) is 2.51. The number of benzene rings is 1. The normalized spacial score (nSPS) is 21.3. The molecule has 5 rings (SSSR count). The number of likely N-dealkylation sites (N-methyl/N-ethyl adjacent to an activating group) is 1. The number of nitrogens with one attached hydrogen (secondary N) is 2. The summed E-state index contributed by atoms with van der Waals surface area (Å²) in [4.78, 5) is 30.3. The first-order chi connectivity index (χ1) is 17.9. The Morgan fingerprint density at radius 1 is 1.22 bits per heavy atom. The van der Waals surface area contributed by atoms with Crippen molar-refractivity contribution in [1.29, 1.82) is 0 Å². The highest BCUT2D eigenvalue weighted by Crippen LogP contribution is 2.34. The van der Waals surface area contributed by atoms with Crippen molar-refractivity contribution < 1.29 is 19.7 Å². The number of fused-ring (bicyclic) bond motifs is 1. The van der Waals surface area contributed by atoms with E-state index in [2.05, 4.69) is 59.2 Å². The van der Waals surface area contributed by atoms with Crippen molar-refractivity contribution in [3.63, 3.8) is 0 Å². The molecule has 0 bridgehead atoms. The third kappa shape index (κ3) is 5.25. The molecule has 192 valence electrons. The number of amides is 1. The highest BCUT2D eigenvalue weighted by atomic mass is 127. The summed E-state index contributed by atoms with van der Waals surface area (Å²) in [7, 11) is 0. The first-order valence-electron chi connectivity index (χ1n) is 11.5. The molecule has 4 heterocycles. The minimum Gasteiger partial charge on any atom is -0.387 e. The molecule has 1 aliphatic heterocycles. The van der Waals surface area contributed by atoms with Crippen LogP contribution in [0.2, 0.25) is 5.02 Å². The van der Waals surface area contributed by atoms with E-state index in [1.807, 2.05) is 18.2 Å². The Bertz CT molecular complexity index is 1450. The van der Waals surface area contributed by atoms with Crippen LogP contribution >= 0.6 is 34.2 Å². The third-order valence-electron chi connectivity index (χ3n) is 5.86. The van der Waals surface area contributed by atoms with Crippen LogP contribution in [-0.2, 0) is 16.1 Å². The van der Waals surface area contributed by atoms with E-state index < -0.39 is 30.4 Å². The van der Waals surface area contributed by atoms with E-state index in [1.165, 1.54) is 17.1 Å². The number of carbonyl (C=O) groups excluding carboxylic acids is 1. The summed E-state index contributed by atoms with van der Waals surface area (Å²) in [5, 5.41) is 27.6.